The Balaban J connectivity index is 1.98. The maximum atomic E-state index is 11.8. The van der Waals surface area contributed by atoms with Gasteiger partial charge in [-0.1, -0.05) is 19.4 Å². The number of carbonyl (C=O) groups is 1. The second-order valence-corrected chi connectivity index (χ2v) is 5.03. The molecule has 0 fully saturated rings. The Morgan fingerprint density at radius 3 is 2.88 bits per heavy atom. The molecule has 1 aromatic heterocycles. The third kappa shape index (κ3) is 5.08. The lowest BCUT2D eigenvalue weighted by Gasteiger charge is -2.10. The van der Waals surface area contributed by atoms with Crippen molar-refractivity contribution in [1.29, 1.82) is 0 Å². The van der Waals surface area contributed by atoms with Crippen LogP contribution in [0.5, 0.6) is 11.5 Å². The van der Waals surface area contributed by atoms with E-state index in [1.807, 2.05) is 12.1 Å². The molecule has 126 valence electrons. The first-order chi connectivity index (χ1) is 11.7. The molecule has 24 heavy (non-hydrogen) atoms. The van der Waals surface area contributed by atoms with Crippen LogP contribution in [0.2, 0.25) is 0 Å². The van der Waals surface area contributed by atoms with Crippen molar-refractivity contribution in [2.75, 3.05) is 13.7 Å². The van der Waals surface area contributed by atoms with Crippen LogP contribution in [0, 0.1) is 0 Å². The molecule has 0 saturated carbocycles. The van der Waals surface area contributed by atoms with Crippen LogP contribution < -0.4 is 14.9 Å². The average Bonchev–Trinajstić information content (AvgIpc) is 2.63. The quantitative estimate of drug-likeness (QED) is 0.459. The van der Waals surface area contributed by atoms with E-state index in [2.05, 4.69) is 22.4 Å². The lowest BCUT2D eigenvalue weighted by molar-refractivity contribution is 0.0950. The topological polar surface area (TPSA) is 72.8 Å². The van der Waals surface area contributed by atoms with E-state index < -0.39 is 0 Å². The van der Waals surface area contributed by atoms with Gasteiger partial charge in [0, 0.05) is 6.20 Å². The summed E-state index contributed by atoms with van der Waals surface area (Å²) in [6, 6.07) is 10.6. The van der Waals surface area contributed by atoms with Gasteiger partial charge in [0.15, 0.2) is 11.5 Å². The monoisotopic (exact) mass is 327 g/mol. The molecule has 0 aliphatic heterocycles. The molecular weight excluding hydrogens is 306 g/mol. The van der Waals surface area contributed by atoms with Gasteiger partial charge < -0.3 is 9.47 Å². The molecule has 0 aliphatic carbocycles. The number of rotatable bonds is 8. The van der Waals surface area contributed by atoms with E-state index in [1.165, 1.54) is 0 Å². The van der Waals surface area contributed by atoms with Gasteiger partial charge in [-0.2, -0.15) is 5.10 Å². The van der Waals surface area contributed by atoms with Crippen molar-refractivity contribution in [3.8, 4) is 11.5 Å². The number of hydrogen-bond acceptors (Lipinski definition) is 5. The number of methoxy groups -OCH3 is 1. The van der Waals surface area contributed by atoms with Crippen LogP contribution >= 0.6 is 0 Å². The summed E-state index contributed by atoms with van der Waals surface area (Å²) in [5, 5.41) is 3.94. The summed E-state index contributed by atoms with van der Waals surface area (Å²) in [7, 11) is 1.59. The number of nitrogens with one attached hydrogen (secondary N) is 1. The average molecular weight is 327 g/mol. The van der Waals surface area contributed by atoms with Crippen molar-refractivity contribution in [3.05, 3.63) is 53.9 Å². The highest BCUT2D eigenvalue weighted by Gasteiger charge is 2.06. The van der Waals surface area contributed by atoms with Crippen molar-refractivity contribution < 1.29 is 14.3 Å². The van der Waals surface area contributed by atoms with Gasteiger partial charge >= 0.3 is 0 Å². The molecule has 0 aliphatic rings. The van der Waals surface area contributed by atoms with Crippen LogP contribution in [0.4, 0.5) is 0 Å². The summed E-state index contributed by atoms with van der Waals surface area (Å²) in [5.74, 6) is 0.963. The zero-order valence-corrected chi connectivity index (χ0v) is 13.9. The summed E-state index contributed by atoms with van der Waals surface area (Å²) in [5.41, 5.74) is 3.54. The van der Waals surface area contributed by atoms with Gasteiger partial charge in [-0.05, 0) is 42.3 Å². The third-order valence-corrected chi connectivity index (χ3v) is 3.22. The molecule has 2 aromatic rings. The third-order valence-electron chi connectivity index (χ3n) is 3.22. The number of nitrogens with zero attached hydrogens (tertiary/aromatic N) is 2. The summed E-state index contributed by atoms with van der Waals surface area (Å²) in [4.78, 5) is 15.8. The molecular formula is C18H21N3O3. The van der Waals surface area contributed by atoms with Crippen molar-refractivity contribution in [2.45, 2.75) is 19.8 Å². The summed E-state index contributed by atoms with van der Waals surface area (Å²) in [6.07, 6.45) is 5.16. The van der Waals surface area contributed by atoms with Gasteiger partial charge in [0.05, 0.1) is 19.9 Å². The Hall–Kier alpha value is -2.89. The van der Waals surface area contributed by atoms with Crippen molar-refractivity contribution in [2.24, 2.45) is 5.10 Å². The molecule has 1 amide bonds. The number of pyridine rings is 1. The van der Waals surface area contributed by atoms with E-state index in [9.17, 15) is 4.79 Å². The highest BCUT2D eigenvalue weighted by Crippen LogP contribution is 2.27. The maximum Gasteiger partial charge on any atom is 0.289 e. The van der Waals surface area contributed by atoms with E-state index in [0.29, 0.717) is 23.8 Å². The van der Waals surface area contributed by atoms with Crippen LogP contribution in [0.15, 0.2) is 47.7 Å². The Kier molecular flexibility index (Phi) is 6.76. The number of benzene rings is 1. The molecule has 1 aromatic carbocycles. The van der Waals surface area contributed by atoms with Crippen molar-refractivity contribution in [1.82, 2.24) is 10.4 Å². The molecule has 1 heterocycles. The second-order valence-electron chi connectivity index (χ2n) is 5.03. The molecule has 0 saturated heterocycles. The molecule has 0 spiro atoms. The van der Waals surface area contributed by atoms with Gasteiger partial charge in [-0.25, -0.2) is 5.43 Å². The number of hydrogen-bond donors (Lipinski definition) is 1. The maximum absolute atomic E-state index is 11.8. The summed E-state index contributed by atoms with van der Waals surface area (Å²) in [6.45, 7) is 2.76. The Labute approximate surface area is 141 Å². The fourth-order valence-corrected chi connectivity index (χ4v) is 1.93. The molecule has 0 radical (unpaired) electrons. The fourth-order valence-electron chi connectivity index (χ4n) is 1.93. The first kappa shape index (κ1) is 17.5. The number of unbranched alkanes of at least 4 members (excludes halogenated alkanes) is 1. The highest BCUT2D eigenvalue weighted by atomic mass is 16.5. The molecule has 6 nitrogen and oxygen atoms in total. The minimum atomic E-state index is -0.363. The lowest BCUT2D eigenvalue weighted by atomic mass is 10.2. The SMILES string of the molecule is CCCCOc1ccc(/C=N/NC(=O)c2ccccn2)cc1OC. The summed E-state index contributed by atoms with van der Waals surface area (Å²) >= 11 is 0. The van der Waals surface area contributed by atoms with Gasteiger partial charge in [0.25, 0.3) is 5.91 Å². The van der Waals surface area contributed by atoms with Crippen LogP contribution in [0.25, 0.3) is 0 Å². The molecule has 0 unspecified atom stereocenters. The first-order valence-electron chi connectivity index (χ1n) is 7.80. The molecule has 0 atom stereocenters. The lowest BCUT2D eigenvalue weighted by Crippen LogP contribution is -2.18. The first-order valence-corrected chi connectivity index (χ1v) is 7.80. The number of ether oxygens (including phenoxy) is 2. The van der Waals surface area contributed by atoms with Gasteiger partial charge in [-0.3, -0.25) is 9.78 Å². The van der Waals surface area contributed by atoms with Gasteiger partial charge in [0.2, 0.25) is 0 Å². The van der Waals surface area contributed by atoms with Gasteiger partial charge in [-0.15, -0.1) is 0 Å². The Bertz CT molecular complexity index is 687. The normalized spacial score (nSPS) is 10.6. The van der Waals surface area contributed by atoms with Crippen LogP contribution in [-0.4, -0.2) is 30.8 Å². The van der Waals surface area contributed by atoms with Crippen molar-refractivity contribution >= 4 is 12.1 Å². The Morgan fingerprint density at radius 1 is 1.29 bits per heavy atom. The number of aromatic nitrogens is 1. The molecule has 0 bridgehead atoms. The van der Waals surface area contributed by atoms with E-state index in [0.717, 1.165) is 18.4 Å². The van der Waals surface area contributed by atoms with E-state index >= 15 is 0 Å². The number of amides is 1. The van der Waals surface area contributed by atoms with Gasteiger partial charge in [0.1, 0.15) is 5.69 Å². The standard InChI is InChI=1S/C18H21N3O3/c1-3-4-11-24-16-9-8-14(12-17(16)23-2)13-20-21-18(22)15-7-5-6-10-19-15/h5-10,12-13H,3-4,11H2,1-2H3,(H,21,22)/b20-13+. The summed E-state index contributed by atoms with van der Waals surface area (Å²) < 4.78 is 11.0. The van der Waals surface area contributed by atoms with Crippen LogP contribution in [-0.2, 0) is 0 Å². The number of carbonyl (C=O) groups excluding carboxylic acids is 1. The fraction of sp³-hybridized carbons (Fsp3) is 0.278. The second kappa shape index (κ2) is 9.29. The van der Waals surface area contributed by atoms with E-state index in [4.69, 9.17) is 9.47 Å². The number of hydrazone groups is 1. The van der Waals surface area contributed by atoms with Crippen molar-refractivity contribution in [3.63, 3.8) is 0 Å². The molecule has 6 heteroatoms. The molecule has 2 rings (SSSR count). The van der Waals surface area contributed by atoms with E-state index in [-0.39, 0.29) is 5.91 Å². The smallest absolute Gasteiger partial charge is 0.289 e. The zero-order chi connectivity index (χ0) is 17.2. The van der Waals surface area contributed by atoms with Crippen LogP contribution in [0.1, 0.15) is 35.8 Å². The predicted molar refractivity (Wildman–Crippen MR) is 92.7 cm³/mol. The minimum absolute atomic E-state index is 0.312. The highest BCUT2D eigenvalue weighted by molar-refractivity contribution is 5.93. The zero-order valence-electron chi connectivity index (χ0n) is 13.9. The largest absolute Gasteiger partial charge is 0.493 e. The molecule has 1 N–H and O–H groups in total. The Morgan fingerprint density at radius 2 is 2.17 bits per heavy atom. The predicted octanol–water partition coefficient (Wildman–Crippen LogP) is 3.03. The van der Waals surface area contributed by atoms with Crippen LogP contribution in [0.3, 0.4) is 0 Å². The minimum Gasteiger partial charge on any atom is -0.493 e. The van der Waals surface area contributed by atoms with E-state index in [1.54, 1.807) is 43.8 Å².